The highest BCUT2D eigenvalue weighted by atomic mass is 16.5. The summed E-state index contributed by atoms with van der Waals surface area (Å²) in [4.78, 5) is 4.58. The van der Waals surface area contributed by atoms with Crippen LogP contribution in [0.3, 0.4) is 0 Å². The number of nitrogens with zero attached hydrogens (tertiary/aromatic N) is 1. The molecule has 1 fully saturated rings. The second-order valence-electron chi connectivity index (χ2n) is 6.47. The number of aromatic nitrogens is 1. The molecule has 0 bridgehead atoms. The van der Waals surface area contributed by atoms with Crippen LogP contribution in [-0.4, -0.2) is 18.1 Å². The van der Waals surface area contributed by atoms with Gasteiger partial charge in [0.2, 0.25) is 0 Å². The third kappa shape index (κ3) is 4.19. The predicted molar refractivity (Wildman–Crippen MR) is 87.8 cm³/mol. The lowest BCUT2D eigenvalue weighted by Crippen LogP contribution is -2.33. The molecule has 1 aliphatic rings. The number of hydrogen-bond donors (Lipinski definition) is 1. The van der Waals surface area contributed by atoms with E-state index in [1.165, 1.54) is 38.5 Å². The molecule has 0 spiro atoms. The van der Waals surface area contributed by atoms with Crippen LogP contribution >= 0.6 is 0 Å². The maximum atomic E-state index is 5.49. The molecule has 1 aromatic rings. The number of rotatable bonds is 5. The van der Waals surface area contributed by atoms with Gasteiger partial charge < -0.3 is 10.1 Å². The van der Waals surface area contributed by atoms with E-state index in [1.807, 2.05) is 13.1 Å². The van der Waals surface area contributed by atoms with Crippen molar-refractivity contribution in [1.29, 1.82) is 0 Å². The van der Waals surface area contributed by atoms with Gasteiger partial charge in [0, 0.05) is 29.9 Å². The van der Waals surface area contributed by atoms with E-state index >= 15 is 0 Å². The minimum atomic E-state index is 0.566. The van der Waals surface area contributed by atoms with Crippen molar-refractivity contribution in [2.24, 2.45) is 5.92 Å². The van der Waals surface area contributed by atoms with Gasteiger partial charge in [-0.25, -0.2) is 0 Å². The summed E-state index contributed by atoms with van der Waals surface area (Å²) in [6.45, 7) is 7.31. The Hall–Kier alpha value is -1.09. The van der Waals surface area contributed by atoms with Gasteiger partial charge in [-0.15, -0.1) is 0 Å². The molecule has 0 saturated heterocycles. The number of pyridine rings is 1. The predicted octanol–water partition coefficient (Wildman–Crippen LogP) is 4.16. The minimum Gasteiger partial charge on any atom is -0.496 e. The zero-order valence-electron chi connectivity index (χ0n) is 14.0. The maximum Gasteiger partial charge on any atom is 0.128 e. The van der Waals surface area contributed by atoms with Crippen molar-refractivity contribution >= 4 is 0 Å². The average Bonchev–Trinajstić information content (AvgIpc) is 2.76. The van der Waals surface area contributed by atoms with E-state index in [4.69, 9.17) is 4.74 Å². The Balaban J connectivity index is 1.96. The van der Waals surface area contributed by atoms with E-state index in [0.29, 0.717) is 6.04 Å². The topological polar surface area (TPSA) is 34.1 Å². The summed E-state index contributed by atoms with van der Waals surface area (Å²) in [6.07, 6.45) is 10.3. The van der Waals surface area contributed by atoms with Crippen LogP contribution in [0.25, 0.3) is 0 Å². The number of ether oxygens (including phenoxy) is 1. The fourth-order valence-electron chi connectivity index (χ4n) is 3.48. The SMILES string of the molecule is COc1c(C)cnc(CN[C@@H](C)C2CCCCCC2)c1C. The Bertz CT molecular complexity index is 451. The molecule has 0 aliphatic heterocycles. The molecule has 0 radical (unpaired) electrons. The quantitative estimate of drug-likeness (QED) is 0.827. The van der Waals surface area contributed by atoms with E-state index in [2.05, 4.69) is 24.1 Å². The molecule has 118 valence electrons. The third-order valence-electron chi connectivity index (χ3n) is 4.95. The molecule has 0 aromatic carbocycles. The molecule has 1 aliphatic carbocycles. The summed E-state index contributed by atoms with van der Waals surface area (Å²) < 4.78 is 5.49. The molecule has 1 atom stereocenters. The smallest absolute Gasteiger partial charge is 0.128 e. The molecule has 0 unspecified atom stereocenters. The summed E-state index contributed by atoms with van der Waals surface area (Å²) >= 11 is 0. The number of hydrogen-bond acceptors (Lipinski definition) is 3. The highest BCUT2D eigenvalue weighted by Crippen LogP contribution is 2.27. The minimum absolute atomic E-state index is 0.566. The zero-order chi connectivity index (χ0) is 15.2. The first-order valence-corrected chi connectivity index (χ1v) is 8.36. The lowest BCUT2D eigenvalue weighted by atomic mass is 9.93. The molecule has 1 aromatic heterocycles. The largest absolute Gasteiger partial charge is 0.496 e. The van der Waals surface area contributed by atoms with Gasteiger partial charge >= 0.3 is 0 Å². The lowest BCUT2D eigenvalue weighted by Gasteiger charge is -2.24. The maximum absolute atomic E-state index is 5.49. The second kappa shape index (κ2) is 7.79. The molecule has 0 amide bonds. The Morgan fingerprint density at radius 2 is 1.90 bits per heavy atom. The summed E-state index contributed by atoms with van der Waals surface area (Å²) in [6, 6.07) is 0.566. The lowest BCUT2D eigenvalue weighted by molar-refractivity contribution is 0.335. The standard InChI is InChI=1S/C18H30N2O/c1-13-11-20-17(14(2)18(13)21-4)12-19-15(3)16-9-7-5-6-8-10-16/h11,15-16,19H,5-10,12H2,1-4H3/t15-/m0/s1. The normalized spacial score (nSPS) is 18.3. The van der Waals surface area contributed by atoms with Crippen LogP contribution in [0.4, 0.5) is 0 Å². The van der Waals surface area contributed by atoms with Crippen LogP contribution in [0.15, 0.2) is 6.20 Å². The monoisotopic (exact) mass is 290 g/mol. The summed E-state index contributed by atoms with van der Waals surface area (Å²) in [7, 11) is 1.74. The van der Waals surface area contributed by atoms with E-state index < -0.39 is 0 Å². The fraction of sp³-hybridized carbons (Fsp3) is 0.722. The van der Waals surface area contributed by atoms with Crippen molar-refractivity contribution in [1.82, 2.24) is 10.3 Å². The number of methoxy groups -OCH3 is 1. The first kappa shape index (κ1) is 16.3. The van der Waals surface area contributed by atoms with Gasteiger partial charge in [-0.1, -0.05) is 25.7 Å². The summed E-state index contributed by atoms with van der Waals surface area (Å²) in [5, 5.41) is 3.69. The van der Waals surface area contributed by atoms with Crippen molar-refractivity contribution in [2.75, 3.05) is 7.11 Å². The van der Waals surface area contributed by atoms with Gasteiger partial charge in [-0.2, -0.15) is 0 Å². The molecule has 2 rings (SSSR count). The van der Waals surface area contributed by atoms with E-state index in [1.54, 1.807) is 7.11 Å². The van der Waals surface area contributed by atoms with E-state index in [-0.39, 0.29) is 0 Å². The first-order valence-electron chi connectivity index (χ1n) is 8.36. The van der Waals surface area contributed by atoms with Gasteiger partial charge in [0.1, 0.15) is 5.75 Å². The van der Waals surface area contributed by atoms with Crippen molar-refractivity contribution < 1.29 is 4.74 Å². The van der Waals surface area contributed by atoms with Crippen LogP contribution in [0.5, 0.6) is 5.75 Å². The van der Waals surface area contributed by atoms with Crippen LogP contribution < -0.4 is 10.1 Å². The molecular weight excluding hydrogens is 260 g/mol. The van der Waals surface area contributed by atoms with Gasteiger partial charge in [0.25, 0.3) is 0 Å². The number of aryl methyl sites for hydroxylation is 1. The van der Waals surface area contributed by atoms with Crippen LogP contribution in [0.2, 0.25) is 0 Å². The van der Waals surface area contributed by atoms with Crippen molar-refractivity contribution in [3.05, 3.63) is 23.0 Å². The highest BCUT2D eigenvalue weighted by Gasteiger charge is 2.19. The van der Waals surface area contributed by atoms with E-state index in [0.717, 1.165) is 35.0 Å². The van der Waals surface area contributed by atoms with Crippen LogP contribution in [-0.2, 0) is 6.54 Å². The van der Waals surface area contributed by atoms with Gasteiger partial charge in [-0.3, -0.25) is 4.98 Å². The molecule has 1 heterocycles. The molecular formula is C18H30N2O. The molecule has 1 saturated carbocycles. The van der Waals surface area contributed by atoms with Crippen molar-refractivity contribution in [3.8, 4) is 5.75 Å². The highest BCUT2D eigenvalue weighted by molar-refractivity contribution is 5.40. The van der Waals surface area contributed by atoms with Crippen LogP contribution in [0.1, 0.15) is 62.3 Å². The van der Waals surface area contributed by atoms with Gasteiger partial charge in [0.15, 0.2) is 0 Å². The third-order valence-corrected chi connectivity index (χ3v) is 4.95. The summed E-state index contributed by atoms with van der Waals surface area (Å²) in [5.74, 6) is 1.80. The second-order valence-corrected chi connectivity index (χ2v) is 6.47. The van der Waals surface area contributed by atoms with Gasteiger partial charge in [-0.05, 0) is 39.5 Å². The molecule has 3 nitrogen and oxygen atoms in total. The average molecular weight is 290 g/mol. The van der Waals surface area contributed by atoms with Crippen molar-refractivity contribution in [3.63, 3.8) is 0 Å². The summed E-state index contributed by atoms with van der Waals surface area (Å²) in [5.41, 5.74) is 3.38. The molecule has 3 heteroatoms. The first-order chi connectivity index (χ1) is 10.1. The Morgan fingerprint density at radius 1 is 1.24 bits per heavy atom. The van der Waals surface area contributed by atoms with Gasteiger partial charge in [0.05, 0.1) is 12.8 Å². The molecule has 21 heavy (non-hydrogen) atoms. The Morgan fingerprint density at radius 3 is 2.52 bits per heavy atom. The Labute approximate surface area is 129 Å². The fourth-order valence-corrected chi connectivity index (χ4v) is 3.48. The Kier molecular flexibility index (Phi) is 6.04. The zero-order valence-corrected chi connectivity index (χ0v) is 14.0. The van der Waals surface area contributed by atoms with Crippen LogP contribution in [0, 0.1) is 19.8 Å². The van der Waals surface area contributed by atoms with Crippen molar-refractivity contribution in [2.45, 2.75) is 71.9 Å². The molecule has 1 N–H and O–H groups in total. The van der Waals surface area contributed by atoms with E-state index in [9.17, 15) is 0 Å². The number of nitrogens with one attached hydrogen (secondary N) is 1.